The third-order valence-electron chi connectivity index (χ3n) is 2.15. The van der Waals surface area contributed by atoms with Crippen molar-refractivity contribution in [1.29, 1.82) is 0 Å². The fourth-order valence-electron chi connectivity index (χ4n) is 1.22. The molecule has 3 heteroatoms. The molecule has 0 unspecified atom stereocenters. The first kappa shape index (κ1) is 14.4. The van der Waals surface area contributed by atoms with Crippen LogP contribution in [0.3, 0.4) is 0 Å². The van der Waals surface area contributed by atoms with Crippen LogP contribution >= 0.6 is 0 Å². The Morgan fingerprint density at radius 2 is 1.80 bits per heavy atom. The number of esters is 1. The molecular formula is C12H24O2Si. The molecule has 0 saturated heterocycles. The van der Waals surface area contributed by atoms with E-state index in [4.69, 9.17) is 4.74 Å². The van der Waals surface area contributed by atoms with Crippen molar-refractivity contribution in [2.75, 3.05) is 6.61 Å². The maximum Gasteiger partial charge on any atom is 0.333 e. The van der Waals surface area contributed by atoms with Crippen LogP contribution in [0, 0.1) is 0 Å². The van der Waals surface area contributed by atoms with Crippen LogP contribution in [0.5, 0.6) is 0 Å². The Bertz CT molecular complexity index is 216. The third kappa shape index (κ3) is 9.72. The molecule has 0 aromatic rings. The Hall–Kier alpha value is -0.573. The van der Waals surface area contributed by atoms with Gasteiger partial charge >= 0.3 is 5.97 Å². The molecule has 0 aliphatic heterocycles. The van der Waals surface area contributed by atoms with Crippen LogP contribution < -0.4 is 0 Å². The first-order valence-electron chi connectivity index (χ1n) is 5.65. The van der Waals surface area contributed by atoms with Gasteiger partial charge in [0, 0.05) is 13.6 Å². The third-order valence-corrected chi connectivity index (χ3v) is 4.01. The lowest BCUT2D eigenvalue weighted by molar-refractivity contribution is -0.139. The average Bonchev–Trinajstić information content (AvgIpc) is 2.08. The van der Waals surface area contributed by atoms with Crippen molar-refractivity contribution in [3.8, 4) is 0 Å². The van der Waals surface area contributed by atoms with Gasteiger partial charge in [0.2, 0.25) is 0 Å². The van der Waals surface area contributed by atoms with Gasteiger partial charge in [0.05, 0.1) is 6.61 Å². The molecule has 0 radical (unpaired) electrons. The molecule has 2 nitrogen and oxygen atoms in total. The van der Waals surface area contributed by atoms with Crippen molar-refractivity contribution in [1.82, 2.24) is 0 Å². The van der Waals surface area contributed by atoms with Crippen LogP contribution in [0.1, 0.15) is 26.2 Å². The minimum absolute atomic E-state index is 0.264. The van der Waals surface area contributed by atoms with Gasteiger partial charge in [-0.3, -0.25) is 0 Å². The zero-order valence-electron chi connectivity index (χ0n) is 10.6. The second-order valence-electron chi connectivity index (χ2n) is 5.29. The van der Waals surface area contributed by atoms with Gasteiger partial charge in [-0.1, -0.05) is 45.1 Å². The molecule has 0 aliphatic carbocycles. The first-order valence-corrected chi connectivity index (χ1v) is 9.36. The number of rotatable bonds is 7. The van der Waals surface area contributed by atoms with Crippen molar-refractivity contribution in [2.45, 2.75) is 51.9 Å². The SMILES string of the molecule is C=C(C)C(=O)OCCCCC[Si](C)(C)C. The molecule has 0 spiro atoms. The van der Waals surface area contributed by atoms with E-state index in [2.05, 4.69) is 26.2 Å². The van der Waals surface area contributed by atoms with Gasteiger partial charge in [-0.05, 0) is 13.3 Å². The topological polar surface area (TPSA) is 26.3 Å². The Morgan fingerprint density at radius 1 is 1.20 bits per heavy atom. The highest BCUT2D eigenvalue weighted by Crippen LogP contribution is 2.13. The molecular weight excluding hydrogens is 204 g/mol. The molecule has 15 heavy (non-hydrogen) atoms. The van der Waals surface area contributed by atoms with E-state index in [-0.39, 0.29) is 5.97 Å². The minimum atomic E-state index is -0.879. The van der Waals surface area contributed by atoms with E-state index >= 15 is 0 Å². The Labute approximate surface area is 94.7 Å². The summed E-state index contributed by atoms with van der Waals surface area (Å²) in [6.45, 7) is 12.9. The van der Waals surface area contributed by atoms with Gasteiger partial charge < -0.3 is 4.74 Å². The predicted molar refractivity (Wildman–Crippen MR) is 67.8 cm³/mol. The summed E-state index contributed by atoms with van der Waals surface area (Å²) >= 11 is 0. The average molecular weight is 228 g/mol. The number of hydrogen-bond donors (Lipinski definition) is 0. The fourth-order valence-corrected chi connectivity index (χ4v) is 2.53. The highest BCUT2D eigenvalue weighted by atomic mass is 28.3. The van der Waals surface area contributed by atoms with Crippen molar-refractivity contribution in [3.63, 3.8) is 0 Å². The Balaban J connectivity index is 3.33. The molecule has 0 saturated carbocycles. The summed E-state index contributed by atoms with van der Waals surface area (Å²) in [5.41, 5.74) is 0.483. The maximum absolute atomic E-state index is 11.0. The summed E-state index contributed by atoms with van der Waals surface area (Å²) in [7, 11) is -0.879. The summed E-state index contributed by atoms with van der Waals surface area (Å²) < 4.78 is 5.01. The molecule has 0 heterocycles. The maximum atomic E-state index is 11.0. The van der Waals surface area contributed by atoms with E-state index in [1.807, 2.05) is 0 Å². The van der Waals surface area contributed by atoms with E-state index < -0.39 is 8.07 Å². The van der Waals surface area contributed by atoms with Crippen LogP contribution in [0.4, 0.5) is 0 Å². The van der Waals surface area contributed by atoms with Crippen molar-refractivity contribution in [3.05, 3.63) is 12.2 Å². The quantitative estimate of drug-likeness (QED) is 0.288. The summed E-state index contributed by atoms with van der Waals surface area (Å²) in [6, 6.07) is 1.36. The van der Waals surface area contributed by atoms with Gasteiger partial charge in [-0.25, -0.2) is 4.79 Å². The van der Waals surface area contributed by atoms with Gasteiger partial charge in [0.15, 0.2) is 0 Å². The Kier molecular flexibility index (Phi) is 6.57. The van der Waals surface area contributed by atoms with Crippen LogP contribution in [-0.4, -0.2) is 20.7 Å². The number of unbranched alkanes of at least 4 members (excludes halogenated alkanes) is 2. The highest BCUT2D eigenvalue weighted by Gasteiger charge is 2.11. The zero-order chi connectivity index (χ0) is 11.9. The first-order chi connectivity index (χ1) is 6.83. The van der Waals surface area contributed by atoms with E-state index in [0.29, 0.717) is 12.2 Å². The van der Waals surface area contributed by atoms with E-state index in [1.165, 1.54) is 12.5 Å². The summed E-state index contributed by atoms with van der Waals surface area (Å²) in [6.07, 6.45) is 3.40. The molecule has 88 valence electrons. The number of ether oxygens (including phenoxy) is 1. The predicted octanol–water partition coefficient (Wildman–Crippen LogP) is 3.61. The molecule has 0 fully saturated rings. The standard InChI is InChI=1S/C12H24O2Si/c1-11(2)12(13)14-9-7-6-8-10-15(3,4)5/h1,6-10H2,2-5H3. The van der Waals surface area contributed by atoms with E-state index in [1.54, 1.807) is 6.92 Å². The summed E-state index contributed by atoms with van der Waals surface area (Å²) in [4.78, 5) is 11.0. The normalized spacial score (nSPS) is 11.2. The van der Waals surface area contributed by atoms with Crippen LogP contribution in [0.15, 0.2) is 12.2 Å². The molecule has 0 N–H and O–H groups in total. The molecule has 0 amide bonds. The highest BCUT2D eigenvalue weighted by molar-refractivity contribution is 6.76. The second-order valence-corrected chi connectivity index (χ2v) is 10.9. The monoisotopic (exact) mass is 228 g/mol. The van der Waals surface area contributed by atoms with Gasteiger partial charge in [-0.15, -0.1) is 0 Å². The van der Waals surface area contributed by atoms with Crippen molar-refractivity contribution < 1.29 is 9.53 Å². The lowest BCUT2D eigenvalue weighted by atomic mass is 10.3. The van der Waals surface area contributed by atoms with Crippen LogP contribution in [0.25, 0.3) is 0 Å². The van der Waals surface area contributed by atoms with E-state index in [0.717, 1.165) is 12.8 Å². The van der Waals surface area contributed by atoms with Gasteiger partial charge in [0.25, 0.3) is 0 Å². The molecule has 0 aliphatic rings. The smallest absolute Gasteiger partial charge is 0.333 e. The number of carbonyl (C=O) groups excluding carboxylic acids is 1. The van der Waals surface area contributed by atoms with Crippen LogP contribution in [-0.2, 0) is 9.53 Å². The van der Waals surface area contributed by atoms with Gasteiger partial charge in [-0.2, -0.15) is 0 Å². The summed E-state index contributed by atoms with van der Waals surface area (Å²) in [5.74, 6) is -0.264. The fraction of sp³-hybridized carbons (Fsp3) is 0.750. The molecule has 0 aromatic heterocycles. The number of hydrogen-bond acceptors (Lipinski definition) is 2. The van der Waals surface area contributed by atoms with E-state index in [9.17, 15) is 4.79 Å². The largest absolute Gasteiger partial charge is 0.462 e. The Morgan fingerprint density at radius 3 is 2.27 bits per heavy atom. The minimum Gasteiger partial charge on any atom is -0.462 e. The van der Waals surface area contributed by atoms with Gasteiger partial charge in [0.1, 0.15) is 0 Å². The zero-order valence-corrected chi connectivity index (χ0v) is 11.6. The second kappa shape index (κ2) is 6.83. The molecule has 0 atom stereocenters. The number of carbonyl (C=O) groups is 1. The summed E-state index contributed by atoms with van der Waals surface area (Å²) in [5, 5.41) is 0. The molecule has 0 bridgehead atoms. The lowest BCUT2D eigenvalue weighted by Gasteiger charge is -2.14. The lowest BCUT2D eigenvalue weighted by Crippen LogP contribution is -2.18. The van der Waals surface area contributed by atoms with Crippen LogP contribution in [0.2, 0.25) is 25.7 Å². The van der Waals surface area contributed by atoms with Crippen molar-refractivity contribution in [2.24, 2.45) is 0 Å². The molecule has 0 aromatic carbocycles. The van der Waals surface area contributed by atoms with Crippen molar-refractivity contribution >= 4 is 14.0 Å². The molecule has 0 rings (SSSR count).